The number of carbonyl (C=O) groups is 1. The molecule has 4 rings (SSSR count). The summed E-state index contributed by atoms with van der Waals surface area (Å²) in [5.41, 5.74) is 3.95. The Morgan fingerprint density at radius 1 is 1.20 bits per heavy atom. The predicted molar refractivity (Wildman–Crippen MR) is 97.6 cm³/mol. The van der Waals surface area contributed by atoms with E-state index in [0.717, 1.165) is 17.5 Å². The number of amides is 1. The lowest BCUT2D eigenvalue weighted by atomic mass is 9.91. The third-order valence-corrected chi connectivity index (χ3v) is 4.99. The Balaban J connectivity index is 1.79. The maximum atomic E-state index is 13.4. The van der Waals surface area contributed by atoms with Crippen molar-refractivity contribution in [1.82, 2.24) is 4.98 Å². The Morgan fingerprint density at radius 3 is 2.84 bits per heavy atom. The summed E-state index contributed by atoms with van der Waals surface area (Å²) in [6.45, 7) is 4.69. The van der Waals surface area contributed by atoms with Gasteiger partial charge in [-0.3, -0.25) is 9.78 Å². The van der Waals surface area contributed by atoms with Gasteiger partial charge in [-0.25, -0.2) is 4.39 Å². The highest BCUT2D eigenvalue weighted by molar-refractivity contribution is 6.09. The number of hydrogen-bond acceptors (Lipinski definition) is 2. The maximum absolute atomic E-state index is 13.4. The zero-order valence-corrected chi connectivity index (χ0v) is 14.3. The molecule has 0 spiro atoms. The van der Waals surface area contributed by atoms with Crippen LogP contribution in [-0.2, 0) is 0 Å². The summed E-state index contributed by atoms with van der Waals surface area (Å²) in [5, 5.41) is 0.772. The number of para-hydroxylation sites is 1. The molecular formula is C21H19FN2O. The van der Waals surface area contributed by atoms with Gasteiger partial charge in [-0.1, -0.05) is 25.1 Å². The Morgan fingerprint density at radius 2 is 2.00 bits per heavy atom. The van der Waals surface area contributed by atoms with Crippen LogP contribution in [0.15, 0.2) is 48.5 Å². The lowest BCUT2D eigenvalue weighted by Gasteiger charge is -2.33. The first-order chi connectivity index (χ1) is 12.0. The lowest BCUT2D eigenvalue weighted by Crippen LogP contribution is -2.36. The van der Waals surface area contributed by atoms with Gasteiger partial charge in [0.2, 0.25) is 0 Å². The summed E-state index contributed by atoms with van der Waals surface area (Å²) < 4.78 is 13.4. The molecule has 1 atom stereocenters. The third-order valence-electron chi connectivity index (χ3n) is 4.99. The minimum absolute atomic E-state index is 0.0458. The molecule has 2 aromatic carbocycles. The van der Waals surface area contributed by atoms with Gasteiger partial charge in [-0.15, -0.1) is 0 Å². The number of benzene rings is 2. The zero-order valence-electron chi connectivity index (χ0n) is 14.3. The van der Waals surface area contributed by atoms with E-state index in [1.807, 2.05) is 29.2 Å². The lowest BCUT2D eigenvalue weighted by molar-refractivity contribution is 0.0983. The van der Waals surface area contributed by atoms with Crippen LogP contribution in [0.4, 0.5) is 10.1 Å². The molecule has 0 N–H and O–H groups in total. The summed E-state index contributed by atoms with van der Waals surface area (Å²) in [7, 11) is 0. The summed E-state index contributed by atoms with van der Waals surface area (Å²) in [4.78, 5) is 19.5. The summed E-state index contributed by atoms with van der Waals surface area (Å²) in [6, 6.07) is 14.3. The van der Waals surface area contributed by atoms with Crippen molar-refractivity contribution in [3.8, 4) is 0 Å². The van der Waals surface area contributed by atoms with Crippen molar-refractivity contribution in [2.45, 2.75) is 26.2 Å². The summed E-state index contributed by atoms with van der Waals surface area (Å²) >= 11 is 0. The highest BCUT2D eigenvalue weighted by Crippen LogP contribution is 2.35. The number of carbonyl (C=O) groups excluding carboxylic acids is 1. The molecule has 0 saturated carbocycles. The minimum Gasteiger partial charge on any atom is -0.308 e. The largest absolute Gasteiger partial charge is 0.308 e. The number of anilines is 1. The molecule has 0 fully saturated rings. The smallest absolute Gasteiger partial charge is 0.260 e. The molecule has 1 amide bonds. The molecule has 0 aliphatic carbocycles. The Labute approximate surface area is 146 Å². The van der Waals surface area contributed by atoms with Crippen LogP contribution in [0, 0.1) is 12.7 Å². The number of rotatable bonds is 1. The minimum atomic E-state index is -0.322. The van der Waals surface area contributed by atoms with Gasteiger partial charge in [0.15, 0.2) is 0 Å². The molecule has 0 radical (unpaired) electrons. The van der Waals surface area contributed by atoms with E-state index < -0.39 is 0 Å². The molecule has 2 heterocycles. The first-order valence-corrected chi connectivity index (χ1v) is 8.52. The van der Waals surface area contributed by atoms with E-state index in [1.54, 1.807) is 13.0 Å². The second kappa shape index (κ2) is 5.96. The zero-order chi connectivity index (χ0) is 17.6. The standard InChI is InChI=1S/C21H19FN2O/c1-13-9-10-24(20-6-4-3-5-17(13)20)21(25)18-11-15-7-8-16(22)12-19(15)23-14(18)2/h3-8,11-13H,9-10H2,1-2H3/t13-/m1/s1. The Hall–Kier alpha value is -2.75. The Bertz CT molecular complexity index is 983. The van der Waals surface area contributed by atoms with Crippen molar-refractivity contribution in [2.24, 2.45) is 0 Å². The first-order valence-electron chi connectivity index (χ1n) is 8.52. The average molecular weight is 334 g/mol. The third kappa shape index (κ3) is 2.68. The van der Waals surface area contributed by atoms with Gasteiger partial charge < -0.3 is 4.90 Å². The molecule has 25 heavy (non-hydrogen) atoms. The highest BCUT2D eigenvalue weighted by atomic mass is 19.1. The number of halogens is 1. The quantitative estimate of drug-likeness (QED) is 0.638. The van der Waals surface area contributed by atoms with E-state index in [-0.39, 0.29) is 11.7 Å². The van der Waals surface area contributed by atoms with Crippen molar-refractivity contribution >= 4 is 22.5 Å². The van der Waals surface area contributed by atoms with E-state index in [1.165, 1.54) is 17.7 Å². The highest BCUT2D eigenvalue weighted by Gasteiger charge is 2.28. The molecule has 4 heteroatoms. The number of hydrogen-bond donors (Lipinski definition) is 0. The van der Waals surface area contributed by atoms with Crippen LogP contribution in [0.5, 0.6) is 0 Å². The number of pyridine rings is 1. The van der Waals surface area contributed by atoms with Crippen LogP contribution in [0.25, 0.3) is 10.9 Å². The van der Waals surface area contributed by atoms with Crippen molar-refractivity contribution in [1.29, 1.82) is 0 Å². The second-order valence-corrected chi connectivity index (χ2v) is 6.66. The van der Waals surface area contributed by atoms with Crippen LogP contribution in [0.3, 0.4) is 0 Å². The van der Waals surface area contributed by atoms with Gasteiger partial charge in [-0.05, 0) is 49.1 Å². The van der Waals surface area contributed by atoms with Crippen LogP contribution in [0.2, 0.25) is 0 Å². The first kappa shape index (κ1) is 15.8. The molecule has 1 aliphatic rings. The number of aromatic nitrogens is 1. The molecule has 1 aliphatic heterocycles. The monoisotopic (exact) mass is 334 g/mol. The molecule has 1 aromatic heterocycles. The molecule has 3 nitrogen and oxygen atoms in total. The molecule has 0 bridgehead atoms. The average Bonchev–Trinajstić information content (AvgIpc) is 2.61. The number of fused-ring (bicyclic) bond motifs is 2. The molecule has 0 saturated heterocycles. The summed E-state index contributed by atoms with van der Waals surface area (Å²) in [6.07, 6.45) is 0.939. The van der Waals surface area contributed by atoms with Crippen molar-refractivity contribution in [3.63, 3.8) is 0 Å². The molecular weight excluding hydrogens is 315 g/mol. The van der Waals surface area contributed by atoms with E-state index in [0.29, 0.717) is 29.2 Å². The predicted octanol–water partition coefficient (Wildman–Crippen LogP) is 4.84. The fraction of sp³-hybridized carbons (Fsp3) is 0.238. The SMILES string of the molecule is Cc1nc2cc(F)ccc2cc1C(=O)N1CC[C@@H](C)c2ccccc21. The van der Waals surface area contributed by atoms with Crippen LogP contribution >= 0.6 is 0 Å². The van der Waals surface area contributed by atoms with Crippen molar-refractivity contribution in [3.05, 3.63) is 71.2 Å². The van der Waals surface area contributed by atoms with E-state index >= 15 is 0 Å². The second-order valence-electron chi connectivity index (χ2n) is 6.66. The Kier molecular flexibility index (Phi) is 3.75. The van der Waals surface area contributed by atoms with E-state index in [4.69, 9.17) is 0 Å². The van der Waals surface area contributed by atoms with E-state index in [9.17, 15) is 9.18 Å². The molecule has 3 aromatic rings. The maximum Gasteiger partial charge on any atom is 0.260 e. The van der Waals surface area contributed by atoms with Gasteiger partial charge in [-0.2, -0.15) is 0 Å². The normalized spacial score (nSPS) is 16.8. The summed E-state index contributed by atoms with van der Waals surface area (Å²) in [5.74, 6) is 0.0760. The van der Waals surface area contributed by atoms with Crippen LogP contribution < -0.4 is 4.90 Å². The van der Waals surface area contributed by atoms with Crippen LogP contribution in [0.1, 0.15) is 40.9 Å². The van der Waals surface area contributed by atoms with Crippen LogP contribution in [-0.4, -0.2) is 17.4 Å². The van der Waals surface area contributed by atoms with Crippen molar-refractivity contribution in [2.75, 3.05) is 11.4 Å². The van der Waals surface area contributed by atoms with Gasteiger partial charge in [0.1, 0.15) is 5.82 Å². The fourth-order valence-corrected chi connectivity index (χ4v) is 3.56. The topological polar surface area (TPSA) is 33.2 Å². The van der Waals surface area contributed by atoms with Gasteiger partial charge >= 0.3 is 0 Å². The van der Waals surface area contributed by atoms with E-state index in [2.05, 4.69) is 18.0 Å². The fourth-order valence-electron chi connectivity index (χ4n) is 3.56. The molecule has 126 valence electrons. The molecule has 0 unspecified atom stereocenters. The number of aryl methyl sites for hydroxylation is 1. The number of nitrogens with zero attached hydrogens (tertiary/aromatic N) is 2. The van der Waals surface area contributed by atoms with Gasteiger partial charge in [0, 0.05) is 23.7 Å². The van der Waals surface area contributed by atoms with Gasteiger partial charge in [0.05, 0.1) is 16.8 Å². The van der Waals surface area contributed by atoms with Gasteiger partial charge in [0.25, 0.3) is 5.91 Å². The van der Waals surface area contributed by atoms with Crippen molar-refractivity contribution < 1.29 is 9.18 Å².